The van der Waals surface area contributed by atoms with E-state index in [0.717, 1.165) is 11.5 Å². The number of nitrogens with zero attached hydrogens (tertiary/aromatic N) is 1. The van der Waals surface area contributed by atoms with E-state index in [-0.39, 0.29) is 0 Å². The van der Waals surface area contributed by atoms with Crippen molar-refractivity contribution in [2.75, 3.05) is 0 Å². The summed E-state index contributed by atoms with van der Waals surface area (Å²) >= 11 is 0. The van der Waals surface area contributed by atoms with Gasteiger partial charge in [-0.25, -0.2) is 0 Å². The average molecular weight is 362 g/mol. The Kier molecular flexibility index (Phi) is 2.98. The van der Waals surface area contributed by atoms with Crippen molar-refractivity contribution in [2.24, 2.45) is 7.05 Å². The number of fused-ring (bicyclic) bond motifs is 5. The smallest absolute Gasteiger partial charge is 0.228 e. The minimum absolute atomic E-state index is 0.944. The molecule has 1 aliphatic heterocycles. The van der Waals surface area contributed by atoms with Crippen LogP contribution < -0.4 is 9.30 Å². The number of hydrogen-bond acceptors (Lipinski definition) is 1. The minimum atomic E-state index is 0.944. The van der Waals surface area contributed by atoms with E-state index < -0.39 is 0 Å². The summed E-state index contributed by atoms with van der Waals surface area (Å²) in [6.45, 7) is 4.39. The highest BCUT2D eigenvalue weighted by Crippen LogP contribution is 2.51. The van der Waals surface area contributed by atoms with Gasteiger partial charge in [-0.2, -0.15) is 4.57 Å². The normalized spacial score (nSPS) is 12.4. The molecule has 134 valence electrons. The lowest BCUT2D eigenvalue weighted by Crippen LogP contribution is -2.33. The second-order valence-electron chi connectivity index (χ2n) is 7.71. The number of aromatic nitrogens is 1. The summed E-state index contributed by atoms with van der Waals surface area (Å²) in [4.78, 5) is 0. The van der Waals surface area contributed by atoms with Crippen molar-refractivity contribution in [3.05, 3.63) is 77.9 Å². The molecule has 0 saturated heterocycles. The van der Waals surface area contributed by atoms with Gasteiger partial charge in [0.05, 0.1) is 16.3 Å². The quantitative estimate of drug-likeness (QED) is 0.226. The molecule has 0 amide bonds. The van der Waals surface area contributed by atoms with Gasteiger partial charge in [0.1, 0.15) is 18.5 Å². The van der Waals surface area contributed by atoms with E-state index in [1.807, 2.05) is 0 Å². The van der Waals surface area contributed by atoms with Gasteiger partial charge in [0.25, 0.3) is 0 Å². The van der Waals surface area contributed by atoms with Crippen LogP contribution in [0.15, 0.2) is 66.7 Å². The molecule has 0 radical (unpaired) electrons. The summed E-state index contributed by atoms with van der Waals surface area (Å²) in [5.41, 5.74) is 6.18. The summed E-state index contributed by atoms with van der Waals surface area (Å²) in [5.74, 6) is 1.93. The number of ether oxygens (including phenoxy) is 1. The molecule has 0 atom stereocenters. The lowest BCUT2D eigenvalue weighted by molar-refractivity contribution is -0.632. The predicted octanol–water partition coefficient (Wildman–Crippen LogP) is 6.36. The zero-order chi connectivity index (χ0) is 19.0. The van der Waals surface area contributed by atoms with Crippen molar-refractivity contribution in [3.63, 3.8) is 0 Å². The summed E-state index contributed by atoms with van der Waals surface area (Å²) in [5, 5.41) is 6.26. The van der Waals surface area contributed by atoms with Gasteiger partial charge >= 0.3 is 0 Å². The van der Waals surface area contributed by atoms with Gasteiger partial charge in [-0.15, -0.1) is 0 Å². The molecule has 0 aliphatic carbocycles. The zero-order valence-corrected chi connectivity index (χ0v) is 16.2. The highest BCUT2D eigenvalue weighted by atomic mass is 16.5. The van der Waals surface area contributed by atoms with Crippen LogP contribution in [-0.4, -0.2) is 0 Å². The Labute approximate surface area is 163 Å². The maximum absolute atomic E-state index is 6.56. The third-order valence-electron chi connectivity index (χ3n) is 6.28. The lowest BCUT2D eigenvalue weighted by Gasteiger charge is -2.24. The van der Waals surface area contributed by atoms with Crippen LogP contribution in [0.1, 0.15) is 11.1 Å². The van der Waals surface area contributed by atoms with E-state index >= 15 is 0 Å². The van der Waals surface area contributed by atoms with Crippen LogP contribution in [0.5, 0.6) is 11.5 Å². The molecule has 28 heavy (non-hydrogen) atoms. The molecule has 0 spiro atoms. The first-order valence-corrected chi connectivity index (χ1v) is 9.70. The molecule has 6 rings (SSSR count). The SMILES string of the molecule is Cc1c2c(c(C)c3ccccc13)-c1c3c(cccc3c3ccccc3[n+]1C)O2. The number of benzene rings is 4. The van der Waals surface area contributed by atoms with Crippen LogP contribution in [0.3, 0.4) is 0 Å². The lowest BCUT2D eigenvalue weighted by atomic mass is 9.88. The number of aryl methyl sites for hydroxylation is 3. The summed E-state index contributed by atoms with van der Waals surface area (Å²) < 4.78 is 8.90. The summed E-state index contributed by atoms with van der Waals surface area (Å²) in [6, 6.07) is 23.7. The average Bonchev–Trinajstić information content (AvgIpc) is 2.75. The van der Waals surface area contributed by atoms with E-state index in [1.165, 1.54) is 54.8 Å². The molecule has 0 bridgehead atoms. The standard InChI is InChI=1S/C26H20NO/c1-15-17-9-4-5-10-18(17)16(2)26-23(15)25-24-20(12-8-14-22(24)28-26)19-11-6-7-13-21(19)27(25)3/h4-14H,1-3H3/q+1. The molecular formula is C26H20NO+. The molecule has 4 aromatic carbocycles. The van der Waals surface area contributed by atoms with Gasteiger partial charge in [-0.1, -0.05) is 48.5 Å². The Bertz CT molecular complexity index is 1460. The summed E-state index contributed by atoms with van der Waals surface area (Å²) in [6.07, 6.45) is 0. The fourth-order valence-electron chi connectivity index (χ4n) is 4.93. The van der Waals surface area contributed by atoms with E-state index in [0.29, 0.717) is 0 Å². The molecule has 0 saturated carbocycles. The van der Waals surface area contributed by atoms with Crippen LogP contribution in [-0.2, 0) is 7.05 Å². The van der Waals surface area contributed by atoms with Gasteiger partial charge < -0.3 is 4.74 Å². The Morgan fingerprint density at radius 3 is 2.11 bits per heavy atom. The van der Waals surface area contributed by atoms with Gasteiger partial charge in [-0.05, 0) is 42.3 Å². The Hall–Kier alpha value is -3.39. The van der Waals surface area contributed by atoms with Crippen molar-refractivity contribution in [3.8, 4) is 22.8 Å². The third-order valence-corrected chi connectivity index (χ3v) is 6.28. The highest BCUT2D eigenvalue weighted by molar-refractivity contribution is 6.14. The summed E-state index contributed by atoms with van der Waals surface area (Å²) in [7, 11) is 2.17. The van der Waals surface area contributed by atoms with Gasteiger partial charge in [-0.3, -0.25) is 0 Å². The first kappa shape index (κ1) is 15.6. The van der Waals surface area contributed by atoms with E-state index in [9.17, 15) is 0 Å². The Morgan fingerprint density at radius 2 is 1.32 bits per heavy atom. The van der Waals surface area contributed by atoms with Crippen LogP contribution in [0.2, 0.25) is 0 Å². The third kappa shape index (κ3) is 1.80. The van der Waals surface area contributed by atoms with Crippen molar-refractivity contribution in [1.29, 1.82) is 0 Å². The number of para-hydroxylation sites is 1. The molecule has 2 heterocycles. The molecular weight excluding hydrogens is 342 g/mol. The van der Waals surface area contributed by atoms with Crippen molar-refractivity contribution in [1.82, 2.24) is 0 Å². The zero-order valence-electron chi connectivity index (χ0n) is 16.2. The van der Waals surface area contributed by atoms with E-state index in [4.69, 9.17) is 4.74 Å². The molecule has 2 heteroatoms. The Balaban J connectivity index is 1.92. The molecule has 0 N–H and O–H groups in total. The second kappa shape index (κ2) is 5.32. The van der Waals surface area contributed by atoms with Crippen LogP contribution in [0, 0.1) is 13.8 Å². The molecule has 2 nitrogen and oxygen atoms in total. The Morgan fingerprint density at radius 1 is 0.679 bits per heavy atom. The molecule has 0 fully saturated rings. The van der Waals surface area contributed by atoms with Crippen LogP contribution in [0.25, 0.3) is 43.7 Å². The first-order valence-electron chi connectivity index (χ1n) is 9.70. The minimum Gasteiger partial charge on any atom is -0.455 e. The molecule has 5 aromatic rings. The van der Waals surface area contributed by atoms with Gasteiger partial charge in [0, 0.05) is 17.0 Å². The number of hydrogen-bond donors (Lipinski definition) is 0. The second-order valence-corrected chi connectivity index (χ2v) is 7.71. The molecule has 1 aliphatic rings. The predicted molar refractivity (Wildman–Crippen MR) is 115 cm³/mol. The number of rotatable bonds is 0. The highest BCUT2D eigenvalue weighted by Gasteiger charge is 2.33. The maximum Gasteiger partial charge on any atom is 0.228 e. The molecule has 0 unspecified atom stereocenters. The van der Waals surface area contributed by atoms with Crippen molar-refractivity contribution in [2.45, 2.75) is 13.8 Å². The largest absolute Gasteiger partial charge is 0.455 e. The monoisotopic (exact) mass is 362 g/mol. The van der Waals surface area contributed by atoms with Crippen molar-refractivity contribution >= 4 is 32.4 Å². The number of pyridine rings is 1. The topological polar surface area (TPSA) is 13.1 Å². The fraction of sp³-hybridized carbons (Fsp3) is 0.115. The van der Waals surface area contributed by atoms with E-state index in [1.54, 1.807) is 0 Å². The maximum atomic E-state index is 6.56. The van der Waals surface area contributed by atoms with Crippen LogP contribution >= 0.6 is 0 Å². The van der Waals surface area contributed by atoms with Crippen LogP contribution in [0.4, 0.5) is 0 Å². The van der Waals surface area contributed by atoms with E-state index in [2.05, 4.69) is 92.2 Å². The van der Waals surface area contributed by atoms with Crippen molar-refractivity contribution < 1.29 is 9.30 Å². The fourth-order valence-corrected chi connectivity index (χ4v) is 4.93. The molecule has 1 aromatic heterocycles. The van der Waals surface area contributed by atoms with Gasteiger partial charge in [0.2, 0.25) is 11.2 Å². The van der Waals surface area contributed by atoms with Gasteiger partial charge in [0.15, 0.2) is 0 Å². The first-order chi connectivity index (χ1) is 13.7.